The normalized spacial score (nSPS) is 12.4. The molecule has 2 nitrogen and oxygen atoms in total. The summed E-state index contributed by atoms with van der Waals surface area (Å²) < 4.78 is 0. The minimum atomic E-state index is 0.852. The van der Waals surface area contributed by atoms with Gasteiger partial charge < -0.3 is 0 Å². The van der Waals surface area contributed by atoms with Crippen molar-refractivity contribution in [3.05, 3.63) is 71.8 Å². The molecule has 0 bridgehead atoms. The van der Waals surface area contributed by atoms with Gasteiger partial charge in [0.2, 0.25) is 0 Å². The van der Waals surface area contributed by atoms with Crippen LogP contribution in [0.3, 0.4) is 0 Å². The van der Waals surface area contributed by atoms with Crippen LogP contribution in [0.25, 0.3) is 0 Å². The third-order valence-corrected chi connectivity index (χ3v) is 4.93. The Morgan fingerprint density at radius 2 is 1.18 bits per heavy atom. The molecule has 2 aromatic carbocycles. The van der Waals surface area contributed by atoms with Crippen LogP contribution in [0.1, 0.15) is 63.5 Å². The molecule has 2 heteroatoms. The second-order valence-electron chi connectivity index (χ2n) is 7.37. The van der Waals surface area contributed by atoms with Gasteiger partial charge >= 0.3 is 0 Å². The van der Waals surface area contributed by atoms with Crippen LogP contribution in [0.5, 0.6) is 0 Å². The second kappa shape index (κ2) is 13.9. The Morgan fingerprint density at radius 3 is 1.68 bits per heavy atom. The zero-order valence-electron chi connectivity index (χ0n) is 17.7. The van der Waals surface area contributed by atoms with Crippen molar-refractivity contribution in [2.24, 2.45) is 9.98 Å². The average molecular weight is 377 g/mol. The van der Waals surface area contributed by atoms with Gasteiger partial charge in [-0.1, -0.05) is 86.8 Å². The van der Waals surface area contributed by atoms with Crippen LogP contribution in [0.4, 0.5) is 0 Å². The molecule has 0 amide bonds. The van der Waals surface area contributed by atoms with Crippen LogP contribution in [0.2, 0.25) is 0 Å². The highest BCUT2D eigenvalue weighted by molar-refractivity contribution is 5.93. The third kappa shape index (κ3) is 9.12. The molecule has 0 atom stereocenters. The Balaban J connectivity index is 1.98. The van der Waals surface area contributed by atoms with Gasteiger partial charge in [0.05, 0.1) is 0 Å². The lowest BCUT2D eigenvalue weighted by Gasteiger charge is -2.10. The number of unbranched alkanes of at least 4 members (excludes halogenated alkanes) is 3. The van der Waals surface area contributed by atoms with Crippen molar-refractivity contribution in [2.75, 3.05) is 13.1 Å². The molecule has 0 saturated heterocycles. The van der Waals surface area contributed by atoms with E-state index in [1.165, 1.54) is 48.2 Å². The molecular formula is C26H36N2. The maximum Gasteiger partial charge on any atom is 0.0388 e. The molecule has 0 aliphatic rings. The van der Waals surface area contributed by atoms with E-state index in [1.807, 2.05) is 0 Å². The van der Waals surface area contributed by atoms with Gasteiger partial charge in [-0.3, -0.25) is 9.98 Å². The minimum Gasteiger partial charge on any atom is -0.294 e. The summed E-state index contributed by atoms with van der Waals surface area (Å²) in [6.45, 7) is 6.19. The Hall–Kier alpha value is -2.22. The maximum absolute atomic E-state index is 4.99. The lowest BCUT2D eigenvalue weighted by Crippen LogP contribution is -2.11. The predicted molar refractivity (Wildman–Crippen MR) is 124 cm³/mol. The first-order chi connectivity index (χ1) is 13.8. The van der Waals surface area contributed by atoms with Crippen LogP contribution < -0.4 is 0 Å². The van der Waals surface area contributed by atoms with Gasteiger partial charge in [0.1, 0.15) is 0 Å². The Morgan fingerprint density at radius 1 is 0.643 bits per heavy atom. The highest BCUT2D eigenvalue weighted by Crippen LogP contribution is 2.10. The summed E-state index contributed by atoms with van der Waals surface area (Å²) in [6.07, 6.45) is 8.99. The predicted octanol–water partition coefficient (Wildman–Crippen LogP) is 6.73. The van der Waals surface area contributed by atoms with Gasteiger partial charge in [-0.15, -0.1) is 0 Å². The first-order valence-electron chi connectivity index (χ1n) is 10.9. The molecule has 0 fully saturated rings. The molecule has 0 radical (unpaired) electrons. The average Bonchev–Trinajstić information content (AvgIpc) is 2.73. The molecule has 2 rings (SSSR count). The zero-order valence-corrected chi connectivity index (χ0v) is 17.7. The SMILES string of the molecule is CCCCCCN=C(CCC(Cc1ccccc1)=NCC)Cc1ccccc1. The third-order valence-electron chi connectivity index (χ3n) is 4.93. The molecule has 150 valence electrons. The number of benzene rings is 2. The van der Waals surface area contributed by atoms with Crippen molar-refractivity contribution < 1.29 is 0 Å². The summed E-state index contributed by atoms with van der Waals surface area (Å²) in [5.74, 6) is 0. The van der Waals surface area contributed by atoms with E-state index >= 15 is 0 Å². The van der Waals surface area contributed by atoms with Crippen LogP contribution in [-0.4, -0.2) is 24.5 Å². The fourth-order valence-corrected chi connectivity index (χ4v) is 3.40. The molecule has 0 aliphatic carbocycles. The monoisotopic (exact) mass is 376 g/mol. The van der Waals surface area contributed by atoms with E-state index < -0.39 is 0 Å². The summed E-state index contributed by atoms with van der Waals surface area (Å²) in [5, 5.41) is 0. The first kappa shape index (κ1) is 22.1. The summed E-state index contributed by atoms with van der Waals surface area (Å²) in [7, 11) is 0. The van der Waals surface area contributed by atoms with Gasteiger partial charge in [-0.05, 0) is 37.3 Å². The summed E-state index contributed by atoms with van der Waals surface area (Å²) >= 11 is 0. The van der Waals surface area contributed by atoms with Gasteiger partial charge in [-0.2, -0.15) is 0 Å². The van der Waals surface area contributed by atoms with E-state index in [1.54, 1.807) is 0 Å². The molecule has 0 aromatic heterocycles. The van der Waals surface area contributed by atoms with E-state index in [-0.39, 0.29) is 0 Å². The smallest absolute Gasteiger partial charge is 0.0388 e. The van der Waals surface area contributed by atoms with Gasteiger partial charge in [-0.25, -0.2) is 0 Å². The fraction of sp³-hybridized carbons (Fsp3) is 0.462. The van der Waals surface area contributed by atoms with Crippen LogP contribution >= 0.6 is 0 Å². The van der Waals surface area contributed by atoms with Crippen LogP contribution in [-0.2, 0) is 12.8 Å². The number of hydrogen-bond donors (Lipinski definition) is 0. The lowest BCUT2D eigenvalue weighted by atomic mass is 10.00. The van der Waals surface area contributed by atoms with Gasteiger partial charge in [0.15, 0.2) is 0 Å². The van der Waals surface area contributed by atoms with Crippen molar-refractivity contribution in [1.29, 1.82) is 0 Å². The fourth-order valence-electron chi connectivity index (χ4n) is 3.40. The molecule has 0 unspecified atom stereocenters. The van der Waals surface area contributed by atoms with Crippen molar-refractivity contribution >= 4 is 11.4 Å². The molecule has 0 spiro atoms. The number of nitrogens with zero attached hydrogens (tertiary/aromatic N) is 2. The Bertz CT molecular complexity index is 702. The highest BCUT2D eigenvalue weighted by atomic mass is 14.7. The first-order valence-corrected chi connectivity index (χ1v) is 10.9. The van der Waals surface area contributed by atoms with E-state index in [0.29, 0.717) is 0 Å². The molecular weight excluding hydrogens is 340 g/mol. The summed E-state index contributed by atoms with van der Waals surface area (Å²) in [6, 6.07) is 21.4. The number of hydrogen-bond acceptors (Lipinski definition) is 2. The van der Waals surface area contributed by atoms with E-state index in [2.05, 4.69) is 74.5 Å². The number of aliphatic imine (C=N–C) groups is 2. The molecule has 0 saturated carbocycles. The van der Waals surface area contributed by atoms with Crippen molar-refractivity contribution in [2.45, 2.75) is 65.2 Å². The highest BCUT2D eigenvalue weighted by Gasteiger charge is 2.07. The molecule has 28 heavy (non-hydrogen) atoms. The lowest BCUT2D eigenvalue weighted by molar-refractivity contribution is 0.674. The minimum absolute atomic E-state index is 0.852. The quantitative estimate of drug-likeness (QED) is 0.273. The van der Waals surface area contributed by atoms with Crippen molar-refractivity contribution in [1.82, 2.24) is 0 Å². The second-order valence-corrected chi connectivity index (χ2v) is 7.37. The van der Waals surface area contributed by atoms with Crippen LogP contribution in [0, 0.1) is 0 Å². The van der Waals surface area contributed by atoms with Crippen molar-refractivity contribution in [3.8, 4) is 0 Å². The Labute approximate surface area is 171 Å². The molecule has 2 aromatic rings. The maximum atomic E-state index is 4.99. The Kier molecular flexibility index (Phi) is 10.9. The van der Waals surface area contributed by atoms with E-state index in [9.17, 15) is 0 Å². The largest absolute Gasteiger partial charge is 0.294 e. The molecule has 0 aliphatic heterocycles. The van der Waals surface area contributed by atoms with Crippen LogP contribution in [0.15, 0.2) is 70.6 Å². The number of rotatable bonds is 13. The summed E-state index contributed by atoms with van der Waals surface area (Å²) in [4.78, 5) is 9.77. The zero-order chi connectivity index (χ0) is 19.9. The van der Waals surface area contributed by atoms with E-state index in [4.69, 9.17) is 9.98 Å². The molecule has 0 heterocycles. The van der Waals surface area contributed by atoms with Crippen molar-refractivity contribution in [3.63, 3.8) is 0 Å². The molecule has 0 N–H and O–H groups in total. The van der Waals surface area contributed by atoms with Gasteiger partial charge in [0.25, 0.3) is 0 Å². The standard InChI is InChI=1S/C26H36N2/c1-3-5-6-13-20-28-26(22-24-16-11-8-12-17-24)19-18-25(27-4-2)21-23-14-9-7-10-15-23/h7-12,14-17H,3-6,13,18-22H2,1-2H3. The van der Waals surface area contributed by atoms with E-state index in [0.717, 1.165) is 38.8 Å². The summed E-state index contributed by atoms with van der Waals surface area (Å²) in [5.41, 5.74) is 5.31. The van der Waals surface area contributed by atoms with Gasteiger partial charge in [0, 0.05) is 37.4 Å². The topological polar surface area (TPSA) is 24.7 Å².